The molecule has 2 aromatic rings. The summed E-state index contributed by atoms with van der Waals surface area (Å²) in [5.74, 6) is 0.756. The number of methoxy groups -OCH3 is 1. The molecule has 0 bridgehead atoms. The van der Waals surface area contributed by atoms with E-state index in [1.165, 1.54) is 64.5 Å². The largest absolute Gasteiger partial charge is 0.465 e. The Balaban J connectivity index is 1.49. The Morgan fingerprint density at radius 3 is 2.58 bits per heavy atom. The number of unbranched alkanes of at least 4 members (excludes halogenated alkanes) is 2. The van der Waals surface area contributed by atoms with Gasteiger partial charge in [0.25, 0.3) is 0 Å². The Hall–Kier alpha value is -1.97. The van der Waals surface area contributed by atoms with Gasteiger partial charge < -0.3 is 4.74 Å². The van der Waals surface area contributed by atoms with E-state index in [9.17, 15) is 9.18 Å². The number of hydrogen-bond acceptors (Lipinski definition) is 2. The zero-order valence-corrected chi connectivity index (χ0v) is 18.8. The predicted molar refractivity (Wildman–Crippen MR) is 120 cm³/mol. The Morgan fingerprint density at radius 2 is 1.81 bits per heavy atom. The van der Waals surface area contributed by atoms with Crippen molar-refractivity contribution in [1.82, 2.24) is 0 Å². The number of benzene rings is 2. The lowest BCUT2D eigenvalue weighted by Gasteiger charge is -2.42. The van der Waals surface area contributed by atoms with Crippen LogP contribution >= 0.6 is 0 Å². The van der Waals surface area contributed by atoms with E-state index in [0.717, 1.165) is 30.7 Å². The maximum absolute atomic E-state index is 15.4. The molecule has 2 aliphatic carbocycles. The average molecular weight is 429 g/mol. The number of carbonyl (C=O) groups excluding carboxylic acids is 1. The van der Waals surface area contributed by atoms with Crippen molar-refractivity contribution in [3.8, 4) is 0 Å². The van der Waals surface area contributed by atoms with Gasteiger partial charge >= 0.3 is 5.97 Å². The summed E-state index contributed by atoms with van der Waals surface area (Å²) in [5.41, 5.74) is 0.555. The molecule has 2 aliphatic rings. The molecule has 2 nitrogen and oxygen atoms in total. The lowest BCUT2D eigenvalue weighted by Crippen LogP contribution is -2.30. The van der Waals surface area contributed by atoms with Crippen LogP contribution in [0.1, 0.15) is 93.0 Å². The van der Waals surface area contributed by atoms with E-state index in [2.05, 4.69) is 11.7 Å². The minimum Gasteiger partial charge on any atom is -0.465 e. The smallest absolute Gasteiger partial charge is 0.340 e. The molecular formula is C27H34F2O2. The van der Waals surface area contributed by atoms with Crippen LogP contribution < -0.4 is 0 Å². The van der Waals surface area contributed by atoms with Gasteiger partial charge in [-0.1, -0.05) is 51.2 Å². The first kappa shape index (κ1) is 22.2. The first-order valence-corrected chi connectivity index (χ1v) is 12.0. The monoisotopic (exact) mass is 428 g/mol. The van der Waals surface area contributed by atoms with Crippen LogP contribution in [-0.2, 0) is 4.74 Å². The van der Waals surface area contributed by atoms with Gasteiger partial charge in [0.2, 0.25) is 0 Å². The fourth-order valence-electron chi connectivity index (χ4n) is 6.12. The minimum atomic E-state index is -0.743. The summed E-state index contributed by atoms with van der Waals surface area (Å²) in [7, 11) is 1.21. The Morgan fingerprint density at radius 1 is 1.03 bits per heavy atom. The van der Waals surface area contributed by atoms with E-state index in [-0.39, 0.29) is 22.7 Å². The summed E-state index contributed by atoms with van der Waals surface area (Å²) < 4.78 is 34.5. The van der Waals surface area contributed by atoms with Crippen LogP contribution in [0.25, 0.3) is 10.8 Å². The minimum absolute atomic E-state index is 0.154. The lowest BCUT2D eigenvalue weighted by molar-refractivity contribution is 0.0595. The molecule has 4 heteroatoms. The van der Waals surface area contributed by atoms with Crippen LogP contribution in [-0.4, -0.2) is 13.1 Å². The third kappa shape index (κ3) is 4.63. The van der Waals surface area contributed by atoms with Gasteiger partial charge in [-0.2, -0.15) is 0 Å². The van der Waals surface area contributed by atoms with E-state index in [1.807, 2.05) is 12.1 Å². The predicted octanol–water partition coefficient (Wildman–Crippen LogP) is 7.78. The average Bonchev–Trinajstić information content (AvgIpc) is 2.79. The number of ether oxygens (including phenoxy) is 1. The van der Waals surface area contributed by atoms with Crippen LogP contribution in [0.3, 0.4) is 0 Å². The normalized spacial score (nSPS) is 25.9. The molecule has 31 heavy (non-hydrogen) atoms. The maximum atomic E-state index is 15.4. The number of esters is 1. The van der Waals surface area contributed by atoms with Crippen molar-refractivity contribution < 1.29 is 18.3 Å². The van der Waals surface area contributed by atoms with E-state index in [4.69, 9.17) is 0 Å². The first-order valence-electron chi connectivity index (χ1n) is 12.0. The van der Waals surface area contributed by atoms with Crippen molar-refractivity contribution in [3.63, 3.8) is 0 Å². The molecule has 0 spiro atoms. The molecule has 0 heterocycles. The quantitative estimate of drug-likeness (QED) is 0.347. The number of fused-ring (bicyclic) bond motifs is 2. The van der Waals surface area contributed by atoms with Crippen LogP contribution in [0.4, 0.5) is 8.78 Å². The summed E-state index contributed by atoms with van der Waals surface area (Å²) in [6, 6.07) is 6.20. The maximum Gasteiger partial charge on any atom is 0.340 e. The van der Waals surface area contributed by atoms with Gasteiger partial charge in [0, 0.05) is 5.39 Å². The summed E-state index contributed by atoms with van der Waals surface area (Å²) in [6.45, 7) is 2.26. The second-order valence-electron chi connectivity index (χ2n) is 9.72. The first-order chi connectivity index (χ1) is 15.0. The molecule has 0 N–H and O–H groups in total. The number of carbonyl (C=O) groups is 1. The molecule has 168 valence electrons. The number of rotatable bonds is 6. The van der Waals surface area contributed by atoms with Gasteiger partial charge in [-0.05, 0) is 78.9 Å². The highest BCUT2D eigenvalue weighted by Crippen LogP contribution is 2.49. The molecule has 0 aromatic heterocycles. The Kier molecular flexibility index (Phi) is 6.93. The van der Waals surface area contributed by atoms with E-state index in [1.54, 1.807) is 0 Å². The van der Waals surface area contributed by atoms with E-state index in [0.29, 0.717) is 16.9 Å². The molecular weight excluding hydrogens is 394 g/mol. The van der Waals surface area contributed by atoms with E-state index >= 15 is 4.39 Å². The second kappa shape index (κ2) is 9.67. The zero-order chi connectivity index (χ0) is 22.0. The van der Waals surface area contributed by atoms with Gasteiger partial charge in [-0.25, -0.2) is 13.6 Å². The molecule has 2 fully saturated rings. The summed E-state index contributed by atoms with van der Waals surface area (Å²) in [6.07, 6.45) is 12.5. The molecule has 0 amide bonds. The fourth-order valence-corrected chi connectivity index (χ4v) is 6.12. The summed E-state index contributed by atoms with van der Waals surface area (Å²) in [5, 5.41) is 0.786. The van der Waals surface area contributed by atoms with Crippen LogP contribution in [0.2, 0.25) is 0 Å². The van der Waals surface area contributed by atoms with Gasteiger partial charge in [-0.15, -0.1) is 0 Å². The second-order valence-corrected chi connectivity index (χ2v) is 9.72. The van der Waals surface area contributed by atoms with Crippen molar-refractivity contribution in [3.05, 3.63) is 47.0 Å². The van der Waals surface area contributed by atoms with Gasteiger partial charge in [0.05, 0.1) is 12.7 Å². The molecule has 0 aliphatic heterocycles. The molecule has 4 atom stereocenters. The summed E-state index contributed by atoms with van der Waals surface area (Å²) in [4.78, 5) is 11.8. The van der Waals surface area contributed by atoms with Crippen molar-refractivity contribution in [2.75, 3.05) is 7.11 Å². The zero-order valence-electron chi connectivity index (χ0n) is 18.8. The van der Waals surface area contributed by atoms with Gasteiger partial charge in [0.15, 0.2) is 0 Å². The van der Waals surface area contributed by atoms with E-state index < -0.39 is 11.8 Å². The number of halogens is 2. The fraction of sp³-hybridized carbons (Fsp3) is 0.593. The summed E-state index contributed by atoms with van der Waals surface area (Å²) >= 11 is 0. The van der Waals surface area contributed by atoms with Crippen molar-refractivity contribution in [1.29, 1.82) is 0 Å². The molecule has 2 saturated carbocycles. The van der Waals surface area contributed by atoms with Crippen LogP contribution in [0, 0.1) is 29.4 Å². The highest BCUT2D eigenvalue weighted by Gasteiger charge is 2.36. The third-order valence-corrected chi connectivity index (χ3v) is 7.85. The standard InChI is InChI=1S/C27H34F2O2/c1-3-4-5-6-17-7-8-19-14-20(10-9-18(19)13-17)22-12-11-21-15-24(27(30)31-2)25(28)16-23(21)26(22)29/h11-12,15-20H,3-10,13-14H2,1-2H3/t17?,18-,19+,20?/m0/s1. The lowest BCUT2D eigenvalue weighted by atomic mass is 9.63. The van der Waals surface area contributed by atoms with Crippen molar-refractivity contribution in [2.45, 2.75) is 77.0 Å². The van der Waals surface area contributed by atoms with Crippen LogP contribution in [0.15, 0.2) is 24.3 Å². The molecule has 2 aromatic carbocycles. The van der Waals surface area contributed by atoms with Gasteiger partial charge in [0.1, 0.15) is 11.6 Å². The number of hydrogen-bond donors (Lipinski definition) is 0. The Labute approximate surface area is 184 Å². The van der Waals surface area contributed by atoms with Crippen molar-refractivity contribution in [2.24, 2.45) is 17.8 Å². The molecule has 0 saturated heterocycles. The highest BCUT2D eigenvalue weighted by atomic mass is 19.1. The van der Waals surface area contributed by atoms with Gasteiger partial charge in [-0.3, -0.25) is 0 Å². The molecule has 0 radical (unpaired) electrons. The van der Waals surface area contributed by atoms with Crippen LogP contribution in [0.5, 0.6) is 0 Å². The molecule has 4 rings (SSSR count). The van der Waals surface area contributed by atoms with Crippen molar-refractivity contribution >= 4 is 16.7 Å². The topological polar surface area (TPSA) is 26.3 Å². The highest BCUT2D eigenvalue weighted by molar-refractivity contribution is 5.96. The SMILES string of the molecule is CCCCCC1CC[C@@H]2CC(c3ccc4cc(C(=O)OC)c(F)cc4c3F)CC[C@H]2C1. The Bertz CT molecular complexity index is 938. The molecule has 2 unspecified atom stereocenters. The third-order valence-electron chi connectivity index (χ3n) is 7.85.